The molecule has 18 heavy (non-hydrogen) atoms. The minimum Gasteiger partial charge on any atom is -0.481 e. The second-order valence-electron chi connectivity index (χ2n) is 5.07. The van der Waals surface area contributed by atoms with Gasteiger partial charge in [0.05, 0.1) is 5.92 Å². The number of hydrogen-bond donors (Lipinski definition) is 1. The zero-order valence-corrected chi connectivity index (χ0v) is 10.6. The fourth-order valence-corrected chi connectivity index (χ4v) is 2.75. The number of carboxylic acids is 1. The Bertz CT molecular complexity index is 465. The van der Waals surface area contributed by atoms with Gasteiger partial charge in [0.2, 0.25) is 0 Å². The van der Waals surface area contributed by atoms with Gasteiger partial charge in [0.15, 0.2) is 5.78 Å². The highest BCUT2D eigenvalue weighted by molar-refractivity contribution is 6.00. The molecule has 1 saturated carbocycles. The van der Waals surface area contributed by atoms with Crippen molar-refractivity contribution >= 4 is 11.8 Å². The van der Waals surface area contributed by atoms with Crippen LogP contribution < -0.4 is 0 Å². The van der Waals surface area contributed by atoms with E-state index in [9.17, 15) is 14.7 Å². The van der Waals surface area contributed by atoms with Gasteiger partial charge in [0.1, 0.15) is 0 Å². The van der Waals surface area contributed by atoms with Crippen molar-refractivity contribution in [1.29, 1.82) is 0 Å². The maximum Gasteiger partial charge on any atom is 0.307 e. The number of aryl methyl sites for hydroxylation is 1. The minimum atomic E-state index is -0.833. The van der Waals surface area contributed by atoms with E-state index in [-0.39, 0.29) is 11.7 Å². The van der Waals surface area contributed by atoms with E-state index in [1.165, 1.54) is 0 Å². The molecular formula is C15H18O3. The summed E-state index contributed by atoms with van der Waals surface area (Å²) >= 11 is 0. The lowest BCUT2D eigenvalue weighted by Gasteiger charge is -2.27. The number of aliphatic carboxylic acids is 1. The molecule has 96 valence electrons. The van der Waals surface area contributed by atoms with Crippen LogP contribution in [0.15, 0.2) is 24.3 Å². The van der Waals surface area contributed by atoms with Crippen LogP contribution in [0.2, 0.25) is 0 Å². The van der Waals surface area contributed by atoms with Crippen molar-refractivity contribution in [2.75, 3.05) is 0 Å². The molecule has 1 aliphatic carbocycles. The highest BCUT2D eigenvalue weighted by Gasteiger charge is 2.35. The molecule has 0 aromatic heterocycles. The second kappa shape index (κ2) is 5.34. The van der Waals surface area contributed by atoms with Crippen LogP contribution in [0.3, 0.4) is 0 Å². The summed E-state index contributed by atoms with van der Waals surface area (Å²) < 4.78 is 0. The number of rotatable bonds is 3. The van der Waals surface area contributed by atoms with E-state index in [2.05, 4.69) is 0 Å². The molecule has 2 rings (SSSR count). The predicted octanol–water partition coefficient (Wildman–Crippen LogP) is 3.07. The fourth-order valence-electron chi connectivity index (χ4n) is 2.75. The number of ketones is 1. The van der Waals surface area contributed by atoms with Crippen molar-refractivity contribution in [3.05, 3.63) is 35.4 Å². The smallest absolute Gasteiger partial charge is 0.307 e. The maximum absolute atomic E-state index is 12.4. The Labute approximate surface area is 107 Å². The molecule has 0 aliphatic heterocycles. The Morgan fingerprint density at radius 1 is 1.17 bits per heavy atom. The standard InChI is InChI=1S/C15H18O3/c1-10-5-4-6-11(9-10)14(16)12-7-2-3-8-13(12)15(17)18/h4-6,9,12-13H,2-3,7-8H2,1H3,(H,17,18)/t12-,13+/m1/s1. The normalized spacial score (nSPS) is 23.6. The monoisotopic (exact) mass is 246 g/mol. The molecule has 1 fully saturated rings. The predicted molar refractivity (Wildman–Crippen MR) is 68.6 cm³/mol. The lowest BCUT2D eigenvalue weighted by atomic mass is 9.75. The van der Waals surface area contributed by atoms with Gasteiger partial charge < -0.3 is 5.11 Å². The van der Waals surface area contributed by atoms with Gasteiger partial charge in [0.25, 0.3) is 0 Å². The van der Waals surface area contributed by atoms with E-state index < -0.39 is 11.9 Å². The Morgan fingerprint density at radius 3 is 2.44 bits per heavy atom. The number of carbonyl (C=O) groups is 2. The van der Waals surface area contributed by atoms with Crippen molar-refractivity contribution in [3.8, 4) is 0 Å². The largest absolute Gasteiger partial charge is 0.481 e. The minimum absolute atomic E-state index is 0.00852. The van der Waals surface area contributed by atoms with Crippen LogP contribution in [0.4, 0.5) is 0 Å². The van der Waals surface area contributed by atoms with Crippen LogP contribution in [0.25, 0.3) is 0 Å². The molecular weight excluding hydrogens is 228 g/mol. The summed E-state index contributed by atoms with van der Waals surface area (Å²) in [4.78, 5) is 23.6. The quantitative estimate of drug-likeness (QED) is 0.834. The van der Waals surface area contributed by atoms with Gasteiger partial charge in [-0.05, 0) is 25.8 Å². The van der Waals surface area contributed by atoms with Gasteiger partial charge >= 0.3 is 5.97 Å². The van der Waals surface area contributed by atoms with Crippen LogP contribution in [-0.4, -0.2) is 16.9 Å². The molecule has 2 atom stereocenters. The summed E-state index contributed by atoms with van der Waals surface area (Å²) in [5.74, 6) is -1.70. The Morgan fingerprint density at radius 2 is 1.83 bits per heavy atom. The summed E-state index contributed by atoms with van der Waals surface area (Å²) in [5.41, 5.74) is 1.68. The SMILES string of the molecule is Cc1cccc(C(=O)[C@@H]2CCCC[C@@H]2C(=O)O)c1. The Hall–Kier alpha value is -1.64. The maximum atomic E-state index is 12.4. The first-order valence-corrected chi connectivity index (χ1v) is 6.43. The Balaban J connectivity index is 2.23. The van der Waals surface area contributed by atoms with Gasteiger partial charge in [-0.2, -0.15) is 0 Å². The molecule has 1 N–H and O–H groups in total. The third-order valence-corrected chi connectivity index (χ3v) is 3.72. The van der Waals surface area contributed by atoms with E-state index in [4.69, 9.17) is 0 Å². The van der Waals surface area contributed by atoms with E-state index in [1.807, 2.05) is 25.1 Å². The topological polar surface area (TPSA) is 54.4 Å². The van der Waals surface area contributed by atoms with E-state index >= 15 is 0 Å². The fraction of sp³-hybridized carbons (Fsp3) is 0.467. The molecule has 0 bridgehead atoms. The number of Topliss-reactive ketones (excluding diaryl/α,β-unsaturated/α-hetero) is 1. The molecule has 1 aromatic rings. The average molecular weight is 246 g/mol. The van der Waals surface area contributed by atoms with Gasteiger partial charge in [0, 0.05) is 11.5 Å². The molecule has 0 unspecified atom stereocenters. The van der Waals surface area contributed by atoms with Crippen LogP contribution in [0, 0.1) is 18.8 Å². The van der Waals surface area contributed by atoms with Crippen molar-refractivity contribution in [3.63, 3.8) is 0 Å². The molecule has 0 spiro atoms. The molecule has 0 heterocycles. The summed E-state index contributed by atoms with van der Waals surface area (Å²) in [6, 6.07) is 7.41. The molecule has 3 heteroatoms. The average Bonchev–Trinajstić information content (AvgIpc) is 2.38. The second-order valence-corrected chi connectivity index (χ2v) is 5.07. The first kappa shape index (κ1) is 12.8. The number of hydrogen-bond acceptors (Lipinski definition) is 2. The van der Waals surface area contributed by atoms with Gasteiger partial charge in [-0.1, -0.05) is 36.6 Å². The lowest BCUT2D eigenvalue weighted by Crippen LogP contribution is -2.32. The van der Waals surface area contributed by atoms with Crippen molar-refractivity contribution in [2.45, 2.75) is 32.6 Å². The van der Waals surface area contributed by atoms with Crippen LogP contribution in [0.1, 0.15) is 41.6 Å². The summed E-state index contributed by atoms with van der Waals surface area (Å²) in [7, 11) is 0. The zero-order valence-electron chi connectivity index (χ0n) is 10.6. The molecule has 0 amide bonds. The molecule has 3 nitrogen and oxygen atoms in total. The first-order valence-electron chi connectivity index (χ1n) is 6.43. The van der Waals surface area contributed by atoms with Crippen molar-refractivity contribution in [2.24, 2.45) is 11.8 Å². The molecule has 0 radical (unpaired) electrons. The van der Waals surface area contributed by atoms with Crippen LogP contribution in [-0.2, 0) is 4.79 Å². The van der Waals surface area contributed by atoms with Crippen LogP contribution >= 0.6 is 0 Å². The van der Waals surface area contributed by atoms with Gasteiger partial charge in [-0.25, -0.2) is 0 Å². The van der Waals surface area contributed by atoms with Gasteiger partial charge in [-0.3, -0.25) is 9.59 Å². The van der Waals surface area contributed by atoms with E-state index in [1.54, 1.807) is 6.07 Å². The summed E-state index contributed by atoms with van der Waals surface area (Å²) in [6.07, 6.45) is 3.18. The molecule has 0 saturated heterocycles. The lowest BCUT2D eigenvalue weighted by molar-refractivity contribution is -0.144. The van der Waals surface area contributed by atoms with Crippen LogP contribution in [0.5, 0.6) is 0 Å². The molecule has 1 aliphatic rings. The number of carbonyl (C=O) groups excluding carboxylic acids is 1. The first-order chi connectivity index (χ1) is 8.59. The zero-order chi connectivity index (χ0) is 13.1. The third-order valence-electron chi connectivity index (χ3n) is 3.72. The summed E-state index contributed by atoms with van der Waals surface area (Å²) in [5, 5.41) is 9.21. The van der Waals surface area contributed by atoms with E-state index in [0.29, 0.717) is 18.4 Å². The van der Waals surface area contributed by atoms with E-state index in [0.717, 1.165) is 18.4 Å². The Kier molecular flexibility index (Phi) is 3.80. The number of carboxylic acid groups (broad SMARTS) is 1. The third kappa shape index (κ3) is 2.61. The van der Waals surface area contributed by atoms with Crippen molar-refractivity contribution in [1.82, 2.24) is 0 Å². The summed E-state index contributed by atoms with van der Waals surface area (Å²) in [6.45, 7) is 1.94. The van der Waals surface area contributed by atoms with Crippen molar-refractivity contribution < 1.29 is 14.7 Å². The highest BCUT2D eigenvalue weighted by atomic mass is 16.4. The van der Waals surface area contributed by atoms with Gasteiger partial charge in [-0.15, -0.1) is 0 Å². The highest BCUT2D eigenvalue weighted by Crippen LogP contribution is 2.32. The molecule has 1 aromatic carbocycles. The number of benzene rings is 1.